The summed E-state index contributed by atoms with van der Waals surface area (Å²) in [6.07, 6.45) is 0. The standard InChI is InChI=1S/C2H7N.CHNS/c1-3-2;2-1-3/h3H,1-2H3;3H. The Morgan fingerprint density at radius 1 is 1.67 bits per heavy atom. The average molecular weight is 104 g/mol. The van der Waals surface area contributed by atoms with Crippen LogP contribution in [0.4, 0.5) is 0 Å². The molecule has 0 saturated heterocycles. The first-order valence-electron chi connectivity index (χ1n) is 1.58. The minimum Gasteiger partial charge on any atom is -0.696 e. The van der Waals surface area contributed by atoms with E-state index in [1.54, 1.807) is 0 Å². The smallest absolute Gasteiger partial charge is 0.0647 e. The quantitative estimate of drug-likeness (QED) is 0.310. The number of thiocyanates is 1. The van der Waals surface area contributed by atoms with Gasteiger partial charge in [-0.15, -0.1) is 0 Å². The zero-order valence-corrected chi connectivity index (χ0v) is 4.75. The highest BCUT2D eigenvalue weighted by Gasteiger charge is 1.29. The number of nitrogens with zero attached hydrogens (tertiary/aromatic N) is 1. The van der Waals surface area contributed by atoms with Crippen LogP contribution in [0, 0.1) is 10.7 Å². The predicted octanol–water partition coefficient (Wildman–Crippen LogP) is -1.18. The zero-order valence-electron chi connectivity index (χ0n) is 3.93. The molecule has 0 aliphatic rings. The summed E-state index contributed by atoms with van der Waals surface area (Å²) in [4.78, 5) is 0. The summed E-state index contributed by atoms with van der Waals surface area (Å²) in [5, 5.41) is 10.5. The van der Waals surface area contributed by atoms with E-state index in [-0.39, 0.29) is 0 Å². The third kappa shape index (κ3) is 240. The van der Waals surface area contributed by atoms with Crippen LogP contribution in [0.25, 0.3) is 0 Å². The summed E-state index contributed by atoms with van der Waals surface area (Å²) in [5.74, 6) is 0. The molecule has 0 aromatic heterocycles. The normalized spacial score (nSPS) is 4.17. The van der Waals surface area contributed by atoms with E-state index in [0.717, 1.165) is 0 Å². The van der Waals surface area contributed by atoms with Crippen LogP contribution in [0.3, 0.4) is 0 Å². The summed E-state index contributed by atoms with van der Waals surface area (Å²) < 4.78 is 0. The first-order chi connectivity index (χ1) is 2.83. The predicted molar refractivity (Wildman–Crippen MR) is 26.8 cm³/mol. The Morgan fingerprint density at radius 2 is 1.67 bits per heavy atom. The van der Waals surface area contributed by atoms with Crippen molar-refractivity contribution in [2.75, 3.05) is 14.1 Å². The molecule has 0 spiro atoms. The second-order valence-corrected chi connectivity index (χ2v) is 0.851. The van der Waals surface area contributed by atoms with Crippen molar-refractivity contribution in [1.29, 1.82) is 5.26 Å². The number of hydrogen-bond acceptors (Lipinski definition) is 2. The molecular weight excluding hydrogens is 96.1 g/mol. The summed E-state index contributed by atoms with van der Waals surface area (Å²) in [6, 6.07) is 0. The van der Waals surface area contributed by atoms with Crippen LogP contribution in [0.5, 0.6) is 0 Å². The molecule has 0 unspecified atom stereocenters. The molecule has 2 nitrogen and oxygen atoms in total. The third-order valence-corrected chi connectivity index (χ3v) is 0. The first kappa shape index (κ1) is 9.18. The second kappa shape index (κ2) is 22.6. The molecule has 0 aliphatic heterocycles. The molecule has 0 atom stereocenters. The fourth-order valence-corrected chi connectivity index (χ4v) is 0. The molecule has 0 aromatic rings. The van der Waals surface area contributed by atoms with Crippen molar-refractivity contribution in [2.45, 2.75) is 0 Å². The number of nitriles is 1. The second-order valence-electron chi connectivity index (χ2n) is 0.669. The Labute approximate surface area is 43.6 Å². The van der Waals surface area contributed by atoms with Gasteiger partial charge in [-0.2, -0.15) is 0 Å². The van der Waals surface area contributed by atoms with Gasteiger partial charge < -0.3 is 17.9 Å². The Hall–Kier alpha value is -0.330. The maximum Gasteiger partial charge on any atom is 0.0647 e. The van der Waals surface area contributed by atoms with Crippen molar-refractivity contribution >= 4 is 12.6 Å². The fraction of sp³-hybridized carbons (Fsp3) is 0.667. The van der Waals surface area contributed by atoms with Crippen LogP contribution in [-0.2, 0) is 12.6 Å². The van der Waals surface area contributed by atoms with E-state index >= 15 is 0 Å². The Bertz CT molecular complexity index is 38.5. The van der Waals surface area contributed by atoms with E-state index in [1.807, 2.05) is 19.4 Å². The monoisotopic (exact) mass is 104 g/mol. The van der Waals surface area contributed by atoms with Crippen LogP contribution in [0.2, 0.25) is 0 Å². The van der Waals surface area contributed by atoms with Gasteiger partial charge in [-0.1, -0.05) is 5.40 Å². The van der Waals surface area contributed by atoms with Gasteiger partial charge >= 0.3 is 0 Å². The van der Waals surface area contributed by atoms with Gasteiger partial charge in [-0.3, -0.25) is 0 Å². The SMILES string of the molecule is C[NH2+]C.N#C[S-]. The summed E-state index contributed by atoms with van der Waals surface area (Å²) in [5.41, 5.74) is 0. The minimum absolute atomic E-state index is 1.33. The lowest BCUT2D eigenvalue weighted by Crippen LogP contribution is -2.74. The highest BCUT2D eigenvalue weighted by Crippen LogP contribution is 1.16. The average Bonchev–Trinajstić information content (AvgIpc) is 1.39. The van der Waals surface area contributed by atoms with Crippen LogP contribution in [0.1, 0.15) is 0 Å². The van der Waals surface area contributed by atoms with Crippen LogP contribution >= 0.6 is 0 Å². The summed E-state index contributed by atoms with van der Waals surface area (Å²) in [7, 11) is 4.00. The van der Waals surface area contributed by atoms with Crippen molar-refractivity contribution in [2.24, 2.45) is 0 Å². The molecule has 0 bridgehead atoms. The van der Waals surface area contributed by atoms with Crippen molar-refractivity contribution in [1.82, 2.24) is 0 Å². The third-order valence-electron chi connectivity index (χ3n) is 0. The van der Waals surface area contributed by atoms with Crippen LogP contribution in [-0.4, -0.2) is 14.1 Å². The largest absolute Gasteiger partial charge is 0.696 e. The van der Waals surface area contributed by atoms with Gasteiger partial charge in [0.05, 0.1) is 14.1 Å². The number of quaternary nitrogens is 1. The molecule has 0 radical (unpaired) electrons. The topological polar surface area (TPSA) is 40.4 Å². The van der Waals surface area contributed by atoms with E-state index in [0.29, 0.717) is 0 Å². The molecule has 0 saturated carbocycles. The van der Waals surface area contributed by atoms with Crippen molar-refractivity contribution in [3.63, 3.8) is 0 Å². The molecule has 2 N–H and O–H groups in total. The lowest BCUT2D eigenvalue weighted by atomic mass is 11.3. The Balaban J connectivity index is 0. The molecule has 6 heavy (non-hydrogen) atoms. The number of hydrogen-bond donors (Lipinski definition) is 1. The molecule has 0 rings (SSSR count). The Morgan fingerprint density at radius 3 is 1.67 bits per heavy atom. The maximum absolute atomic E-state index is 7.13. The van der Waals surface area contributed by atoms with Gasteiger partial charge in [0.15, 0.2) is 0 Å². The van der Waals surface area contributed by atoms with Gasteiger partial charge in [-0.05, 0) is 0 Å². The lowest BCUT2D eigenvalue weighted by Gasteiger charge is -1.57. The molecule has 36 valence electrons. The molecule has 0 aromatic carbocycles. The van der Waals surface area contributed by atoms with Gasteiger partial charge in [0.2, 0.25) is 0 Å². The minimum atomic E-state index is 1.33. The zero-order chi connectivity index (χ0) is 5.41. The maximum atomic E-state index is 7.13. The Kier molecular flexibility index (Phi) is 34.5. The molecule has 0 heterocycles. The van der Waals surface area contributed by atoms with Gasteiger partial charge in [0.1, 0.15) is 0 Å². The highest BCUT2D eigenvalue weighted by molar-refractivity contribution is 7.64. The summed E-state index contributed by atoms with van der Waals surface area (Å²) >= 11 is 3.70. The van der Waals surface area contributed by atoms with Crippen molar-refractivity contribution in [3.8, 4) is 5.40 Å². The number of rotatable bonds is 0. The van der Waals surface area contributed by atoms with Crippen LogP contribution in [0.15, 0.2) is 0 Å². The molecule has 0 fully saturated rings. The van der Waals surface area contributed by atoms with E-state index in [1.165, 1.54) is 5.40 Å². The van der Waals surface area contributed by atoms with Gasteiger partial charge in [0, 0.05) is 0 Å². The van der Waals surface area contributed by atoms with Gasteiger partial charge in [0.25, 0.3) is 0 Å². The van der Waals surface area contributed by atoms with E-state index in [9.17, 15) is 0 Å². The number of nitrogens with two attached hydrogens (primary N) is 1. The molecule has 0 amide bonds. The molecular formula is C3H8N2S. The van der Waals surface area contributed by atoms with Gasteiger partial charge in [-0.25, -0.2) is 5.26 Å². The van der Waals surface area contributed by atoms with Crippen LogP contribution < -0.4 is 5.32 Å². The molecule has 0 aliphatic carbocycles. The summed E-state index contributed by atoms with van der Waals surface area (Å²) in [6.45, 7) is 0. The first-order valence-corrected chi connectivity index (χ1v) is 1.99. The van der Waals surface area contributed by atoms with Crippen molar-refractivity contribution in [3.05, 3.63) is 0 Å². The fourth-order valence-electron chi connectivity index (χ4n) is 0. The molecule has 3 heteroatoms. The van der Waals surface area contributed by atoms with Crippen molar-refractivity contribution < 1.29 is 5.32 Å². The van der Waals surface area contributed by atoms with E-state index in [4.69, 9.17) is 5.26 Å². The lowest BCUT2D eigenvalue weighted by molar-refractivity contribution is -0.597. The van der Waals surface area contributed by atoms with E-state index in [2.05, 4.69) is 12.6 Å². The highest BCUT2D eigenvalue weighted by atomic mass is 32.1. The van der Waals surface area contributed by atoms with E-state index < -0.39 is 0 Å².